The molecule has 4 aromatic rings. The summed E-state index contributed by atoms with van der Waals surface area (Å²) in [5, 5.41) is 0.639. The molecule has 0 aliphatic heterocycles. The highest BCUT2D eigenvalue weighted by Crippen LogP contribution is 2.26. The van der Waals surface area contributed by atoms with Gasteiger partial charge in [0.25, 0.3) is 0 Å². The first-order valence-electron chi connectivity index (χ1n) is 8.15. The molecule has 0 fully saturated rings. The Labute approximate surface area is 159 Å². The first kappa shape index (κ1) is 17.0. The zero-order valence-electron chi connectivity index (χ0n) is 14.0. The lowest BCUT2D eigenvalue weighted by Crippen LogP contribution is -2.03. The molecule has 5 nitrogen and oxygen atoms in total. The van der Waals surface area contributed by atoms with Crippen LogP contribution in [-0.2, 0) is 4.79 Å². The van der Waals surface area contributed by atoms with Gasteiger partial charge in [0, 0.05) is 23.4 Å². The summed E-state index contributed by atoms with van der Waals surface area (Å²) < 4.78 is 11.0. The standard InChI is InChI=1S/C21H13ClN2O3/c22-15-7-4-14(5-8-15)6-11-20(25)26-16-9-10-17-19(13-16)27-21(24-17)18-3-1-2-12-23-18/h1-13H/b11-6+. The minimum atomic E-state index is -0.492. The molecule has 2 aromatic carbocycles. The molecule has 2 aromatic heterocycles. The van der Waals surface area contributed by atoms with Gasteiger partial charge in [-0.3, -0.25) is 4.98 Å². The van der Waals surface area contributed by atoms with Crippen molar-refractivity contribution in [1.82, 2.24) is 9.97 Å². The van der Waals surface area contributed by atoms with Gasteiger partial charge in [0.05, 0.1) is 0 Å². The summed E-state index contributed by atoms with van der Waals surface area (Å²) in [6.45, 7) is 0. The Morgan fingerprint density at radius 1 is 1.07 bits per heavy atom. The van der Waals surface area contributed by atoms with E-state index in [0.29, 0.717) is 33.5 Å². The molecule has 0 unspecified atom stereocenters. The molecular formula is C21H13ClN2O3. The monoisotopic (exact) mass is 376 g/mol. The first-order valence-corrected chi connectivity index (χ1v) is 8.53. The minimum Gasteiger partial charge on any atom is -0.435 e. The number of halogens is 1. The van der Waals surface area contributed by atoms with Gasteiger partial charge in [-0.05, 0) is 48.0 Å². The average Bonchev–Trinajstić information content (AvgIpc) is 3.12. The van der Waals surface area contributed by atoms with Gasteiger partial charge in [-0.25, -0.2) is 9.78 Å². The zero-order valence-corrected chi connectivity index (χ0v) is 14.8. The topological polar surface area (TPSA) is 65.2 Å². The van der Waals surface area contributed by atoms with E-state index in [2.05, 4.69) is 9.97 Å². The molecule has 0 aliphatic carbocycles. The van der Waals surface area contributed by atoms with E-state index in [1.54, 1.807) is 42.6 Å². The van der Waals surface area contributed by atoms with Gasteiger partial charge in [0.15, 0.2) is 5.58 Å². The number of hydrogen-bond acceptors (Lipinski definition) is 5. The highest BCUT2D eigenvalue weighted by molar-refractivity contribution is 6.30. The summed E-state index contributed by atoms with van der Waals surface area (Å²) in [6.07, 6.45) is 4.68. The molecule has 132 valence electrons. The van der Waals surface area contributed by atoms with Crippen molar-refractivity contribution in [3.63, 3.8) is 0 Å². The van der Waals surface area contributed by atoms with Crippen molar-refractivity contribution >= 4 is 34.7 Å². The van der Waals surface area contributed by atoms with Crippen molar-refractivity contribution in [3.8, 4) is 17.3 Å². The second-order valence-corrected chi connectivity index (χ2v) is 6.11. The Hall–Kier alpha value is -3.44. The third kappa shape index (κ3) is 4.04. The molecule has 2 heterocycles. The third-order valence-electron chi connectivity index (χ3n) is 3.74. The van der Waals surface area contributed by atoms with Crippen molar-refractivity contribution in [2.75, 3.05) is 0 Å². The van der Waals surface area contributed by atoms with Crippen molar-refractivity contribution in [1.29, 1.82) is 0 Å². The number of aromatic nitrogens is 2. The maximum absolute atomic E-state index is 12.0. The number of rotatable bonds is 4. The number of carbonyl (C=O) groups excluding carboxylic acids is 1. The fourth-order valence-electron chi connectivity index (χ4n) is 2.46. The van der Waals surface area contributed by atoms with Crippen molar-refractivity contribution in [2.24, 2.45) is 0 Å². The predicted octanol–water partition coefficient (Wildman–Crippen LogP) is 5.16. The van der Waals surface area contributed by atoms with E-state index in [-0.39, 0.29) is 0 Å². The fraction of sp³-hybridized carbons (Fsp3) is 0. The molecular weight excluding hydrogens is 364 g/mol. The Kier molecular flexibility index (Phi) is 4.68. The number of carbonyl (C=O) groups is 1. The molecule has 27 heavy (non-hydrogen) atoms. The first-order chi connectivity index (χ1) is 13.2. The van der Waals surface area contributed by atoms with Crippen LogP contribution in [0.25, 0.3) is 28.8 Å². The molecule has 4 rings (SSSR count). The van der Waals surface area contributed by atoms with Gasteiger partial charge < -0.3 is 9.15 Å². The van der Waals surface area contributed by atoms with Crippen LogP contribution in [0.4, 0.5) is 0 Å². The minimum absolute atomic E-state index is 0.372. The van der Waals surface area contributed by atoms with E-state index >= 15 is 0 Å². The van der Waals surface area contributed by atoms with Gasteiger partial charge in [-0.15, -0.1) is 0 Å². The summed E-state index contributed by atoms with van der Waals surface area (Å²) >= 11 is 5.84. The highest BCUT2D eigenvalue weighted by atomic mass is 35.5. The van der Waals surface area contributed by atoms with Crippen molar-refractivity contribution in [3.05, 3.63) is 83.5 Å². The van der Waals surface area contributed by atoms with E-state index in [1.807, 2.05) is 30.3 Å². The lowest BCUT2D eigenvalue weighted by molar-refractivity contribution is -0.128. The lowest BCUT2D eigenvalue weighted by Gasteiger charge is -2.00. The number of benzene rings is 2. The largest absolute Gasteiger partial charge is 0.435 e. The number of hydrogen-bond donors (Lipinski definition) is 0. The Balaban J connectivity index is 1.50. The van der Waals surface area contributed by atoms with Crippen LogP contribution >= 0.6 is 11.6 Å². The average molecular weight is 377 g/mol. The number of ether oxygens (including phenoxy) is 1. The molecule has 0 amide bonds. The second kappa shape index (κ2) is 7.43. The van der Waals surface area contributed by atoms with Crippen LogP contribution in [0, 0.1) is 0 Å². The van der Waals surface area contributed by atoms with E-state index in [0.717, 1.165) is 5.56 Å². The van der Waals surface area contributed by atoms with E-state index in [9.17, 15) is 4.79 Å². The summed E-state index contributed by atoms with van der Waals surface area (Å²) in [4.78, 5) is 20.6. The third-order valence-corrected chi connectivity index (χ3v) is 4.00. The van der Waals surface area contributed by atoms with Crippen LogP contribution in [0.1, 0.15) is 5.56 Å². The van der Waals surface area contributed by atoms with Crippen LogP contribution in [0.3, 0.4) is 0 Å². The molecule has 0 N–H and O–H groups in total. The fourth-order valence-corrected chi connectivity index (χ4v) is 2.58. The summed E-state index contributed by atoms with van der Waals surface area (Å²) in [6, 6.07) is 17.7. The summed E-state index contributed by atoms with van der Waals surface area (Å²) in [5.74, 6) is 0.294. The molecule has 0 saturated heterocycles. The number of pyridine rings is 1. The lowest BCUT2D eigenvalue weighted by atomic mass is 10.2. The maximum atomic E-state index is 12.0. The van der Waals surface area contributed by atoms with E-state index in [1.165, 1.54) is 6.08 Å². The number of fused-ring (bicyclic) bond motifs is 1. The second-order valence-electron chi connectivity index (χ2n) is 5.67. The highest BCUT2D eigenvalue weighted by Gasteiger charge is 2.10. The number of oxazole rings is 1. The molecule has 0 bridgehead atoms. The molecule has 0 aliphatic rings. The van der Waals surface area contributed by atoms with Crippen molar-refractivity contribution in [2.45, 2.75) is 0 Å². The van der Waals surface area contributed by atoms with Gasteiger partial charge in [0.2, 0.25) is 5.89 Å². The van der Waals surface area contributed by atoms with Crippen LogP contribution < -0.4 is 4.74 Å². The van der Waals surface area contributed by atoms with Gasteiger partial charge in [0.1, 0.15) is 17.0 Å². The molecule has 0 radical (unpaired) electrons. The summed E-state index contributed by atoms with van der Waals surface area (Å²) in [7, 11) is 0. The van der Waals surface area contributed by atoms with Gasteiger partial charge in [-0.1, -0.05) is 29.8 Å². The molecule has 0 atom stereocenters. The van der Waals surface area contributed by atoms with Crippen LogP contribution in [-0.4, -0.2) is 15.9 Å². The number of esters is 1. The van der Waals surface area contributed by atoms with Crippen molar-refractivity contribution < 1.29 is 13.9 Å². The SMILES string of the molecule is O=C(/C=C/c1ccc(Cl)cc1)Oc1ccc2nc(-c3ccccn3)oc2c1. The van der Waals surface area contributed by atoms with Crippen LogP contribution in [0.5, 0.6) is 5.75 Å². The van der Waals surface area contributed by atoms with Crippen LogP contribution in [0.2, 0.25) is 5.02 Å². The predicted molar refractivity (Wildman–Crippen MR) is 103 cm³/mol. The van der Waals surface area contributed by atoms with Gasteiger partial charge >= 0.3 is 5.97 Å². The maximum Gasteiger partial charge on any atom is 0.336 e. The Morgan fingerprint density at radius 3 is 2.70 bits per heavy atom. The normalized spacial score (nSPS) is 11.1. The molecule has 0 spiro atoms. The molecule has 0 saturated carbocycles. The zero-order chi connectivity index (χ0) is 18.6. The Morgan fingerprint density at radius 2 is 1.93 bits per heavy atom. The summed E-state index contributed by atoms with van der Waals surface area (Å²) in [5.41, 5.74) is 2.66. The van der Waals surface area contributed by atoms with Crippen LogP contribution in [0.15, 0.2) is 77.4 Å². The van der Waals surface area contributed by atoms with E-state index < -0.39 is 5.97 Å². The number of nitrogens with zero attached hydrogens (tertiary/aromatic N) is 2. The smallest absolute Gasteiger partial charge is 0.336 e. The Bertz CT molecular complexity index is 1120. The van der Waals surface area contributed by atoms with Gasteiger partial charge in [-0.2, -0.15) is 0 Å². The quantitative estimate of drug-likeness (QED) is 0.279. The molecule has 6 heteroatoms. The van der Waals surface area contributed by atoms with E-state index in [4.69, 9.17) is 20.8 Å².